The van der Waals surface area contributed by atoms with Crippen LogP contribution in [0.3, 0.4) is 0 Å². The standard InChI is InChI=1S/C19H26N4O2/c1-16(17-5-3-2-4-6-17)7-9-20-19(24)23-12-10-22(11-13-23)15-18-8-14-25-21-18/h2-6,8,14,16H,7,9-13,15H2,1H3,(H,20,24)/t16-/m0/s1. The van der Waals surface area contributed by atoms with Gasteiger partial charge in [0.05, 0.1) is 5.69 Å². The Hall–Kier alpha value is -2.34. The molecule has 0 saturated carbocycles. The van der Waals surface area contributed by atoms with Crippen molar-refractivity contribution in [3.8, 4) is 0 Å². The Morgan fingerprint density at radius 3 is 2.64 bits per heavy atom. The first-order valence-electron chi connectivity index (χ1n) is 8.91. The van der Waals surface area contributed by atoms with Crippen molar-refractivity contribution in [1.82, 2.24) is 20.3 Å². The number of urea groups is 1. The van der Waals surface area contributed by atoms with Gasteiger partial charge >= 0.3 is 6.03 Å². The Morgan fingerprint density at radius 1 is 1.20 bits per heavy atom. The minimum absolute atomic E-state index is 0.0429. The highest BCUT2D eigenvalue weighted by Crippen LogP contribution is 2.17. The second kappa shape index (κ2) is 8.67. The number of carbonyl (C=O) groups excluding carboxylic acids is 1. The maximum atomic E-state index is 12.3. The van der Waals surface area contributed by atoms with Crippen LogP contribution in [-0.4, -0.2) is 53.7 Å². The van der Waals surface area contributed by atoms with Gasteiger partial charge in [0.2, 0.25) is 0 Å². The van der Waals surface area contributed by atoms with Gasteiger partial charge in [-0.25, -0.2) is 4.79 Å². The molecule has 0 radical (unpaired) electrons. The molecule has 3 rings (SSSR count). The summed E-state index contributed by atoms with van der Waals surface area (Å²) in [6.45, 7) is 6.90. The van der Waals surface area contributed by atoms with Gasteiger partial charge < -0.3 is 14.7 Å². The first kappa shape index (κ1) is 17.5. The molecule has 1 N–H and O–H groups in total. The number of rotatable bonds is 6. The number of benzene rings is 1. The summed E-state index contributed by atoms with van der Waals surface area (Å²) in [5.74, 6) is 0.445. The molecule has 0 unspecified atom stereocenters. The van der Waals surface area contributed by atoms with Gasteiger partial charge in [-0.2, -0.15) is 0 Å². The van der Waals surface area contributed by atoms with Crippen LogP contribution >= 0.6 is 0 Å². The smallest absolute Gasteiger partial charge is 0.317 e. The van der Waals surface area contributed by atoms with Crippen molar-refractivity contribution in [2.24, 2.45) is 0 Å². The predicted octanol–water partition coefficient (Wildman–Crippen LogP) is 2.70. The second-order valence-electron chi connectivity index (χ2n) is 6.59. The van der Waals surface area contributed by atoms with Gasteiger partial charge in [0, 0.05) is 45.3 Å². The molecule has 0 aliphatic carbocycles. The lowest BCUT2D eigenvalue weighted by Gasteiger charge is -2.34. The van der Waals surface area contributed by atoms with E-state index in [9.17, 15) is 4.79 Å². The minimum atomic E-state index is 0.0429. The van der Waals surface area contributed by atoms with Gasteiger partial charge in [-0.1, -0.05) is 42.4 Å². The maximum absolute atomic E-state index is 12.3. The van der Waals surface area contributed by atoms with Gasteiger partial charge in [-0.05, 0) is 17.9 Å². The molecule has 2 amide bonds. The summed E-state index contributed by atoms with van der Waals surface area (Å²) in [5, 5.41) is 6.99. The van der Waals surface area contributed by atoms with Crippen LogP contribution in [0.4, 0.5) is 4.79 Å². The second-order valence-corrected chi connectivity index (χ2v) is 6.59. The van der Waals surface area contributed by atoms with E-state index in [1.807, 2.05) is 17.0 Å². The number of aromatic nitrogens is 1. The third kappa shape index (κ3) is 5.06. The molecule has 1 aliphatic heterocycles. The Morgan fingerprint density at radius 2 is 1.96 bits per heavy atom. The normalized spacial score (nSPS) is 16.6. The van der Waals surface area contributed by atoms with Gasteiger partial charge in [-0.15, -0.1) is 0 Å². The molecular weight excluding hydrogens is 316 g/mol. The molecule has 0 spiro atoms. The first-order chi connectivity index (χ1) is 12.2. The van der Waals surface area contributed by atoms with Crippen molar-refractivity contribution in [2.75, 3.05) is 32.7 Å². The molecule has 6 nitrogen and oxygen atoms in total. The predicted molar refractivity (Wildman–Crippen MR) is 96.2 cm³/mol. The number of nitrogens with one attached hydrogen (secondary N) is 1. The SMILES string of the molecule is C[C@@H](CCNC(=O)N1CCN(Cc2ccon2)CC1)c1ccccc1. The van der Waals surface area contributed by atoms with Crippen LogP contribution in [0, 0.1) is 0 Å². The quantitative estimate of drug-likeness (QED) is 0.877. The topological polar surface area (TPSA) is 61.6 Å². The van der Waals surface area contributed by atoms with E-state index in [0.717, 1.165) is 44.8 Å². The summed E-state index contributed by atoms with van der Waals surface area (Å²) in [6.07, 6.45) is 2.54. The van der Waals surface area contributed by atoms with E-state index < -0.39 is 0 Å². The van der Waals surface area contributed by atoms with Gasteiger partial charge in [0.1, 0.15) is 6.26 Å². The van der Waals surface area contributed by atoms with Crippen LogP contribution in [0.1, 0.15) is 30.5 Å². The summed E-state index contributed by atoms with van der Waals surface area (Å²) < 4.78 is 4.86. The summed E-state index contributed by atoms with van der Waals surface area (Å²) >= 11 is 0. The molecule has 1 saturated heterocycles. The lowest BCUT2D eigenvalue weighted by atomic mass is 9.98. The van der Waals surface area contributed by atoms with Crippen molar-refractivity contribution < 1.29 is 9.32 Å². The number of piperazine rings is 1. The fourth-order valence-corrected chi connectivity index (χ4v) is 3.11. The van der Waals surface area contributed by atoms with Crippen LogP contribution in [0.15, 0.2) is 47.2 Å². The molecule has 1 aliphatic rings. The average Bonchev–Trinajstić information content (AvgIpc) is 3.16. The molecule has 134 valence electrons. The molecule has 25 heavy (non-hydrogen) atoms. The van der Waals surface area contributed by atoms with Crippen molar-refractivity contribution in [1.29, 1.82) is 0 Å². The number of hydrogen-bond donors (Lipinski definition) is 1. The summed E-state index contributed by atoms with van der Waals surface area (Å²) in [7, 11) is 0. The Bertz CT molecular complexity index is 637. The van der Waals surface area contributed by atoms with E-state index in [1.165, 1.54) is 5.56 Å². The van der Waals surface area contributed by atoms with Crippen molar-refractivity contribution in [3.05, 3.63) is 53.9 Å². The van der Waals surface area contributed by atoms with Crippen LogP contribution < -0.4 is 5.32 Å². The number of nitrogens with zero attached hydrogens (tertiary/aromatic N) is 3. The molecule has 2 aromatic rings. The van der Waals surface area contributed by atoms with E-state index in [1.54, 1.807) is 6.26 Å². The maximum Gasteiger partial charge on any atom is 0.317 e. The van der Waals surface area contributed by atoms with Crippen molar-refractivity contribution in [3.63, 3.8) is 0 Å². The van der Waals surface area contributed by atoms with Crippen LogP contribution in [0.25, 0.3) is 0 Å². The van der Waals surface area contributed by atoms with Gasteiger partial charge in [0.25, 0.3) is 0 Å². The zero-order chi connectivity index (χ0) is 17.5. The van der Waals surface area contributed by atoms with Crippen LogP contribution in [-0.2, 0) is 6.54 Å². The van der Waals surface area contributed by atoms with Gasteiger partial charge in [0.15, 0.2) is 0 Å². The molecular formula is C19H26N4O2. The third-order valence-corrected chi connectivity index (χ3v) is 4.76. The zero-order valence-electron chi connectivity index (χ0n) is 14.7. The molecule has 2 heterocycles. The molecule has 1 atom stereocenters. The molecule has 1 aromatic heterocycles. The van der Waals surface area contributed by atoms with E-state index >= 15 is 0 Å². The summed E-state index contributed by atoms with van der Waals surface area (Å²) in [4.78, 5) is 16.5. The van der Waals surface area contributed by atoms with E-state index in [-0.39, 0.29) is 6.03 Å². The van der Waals surface area contributed by atoms with E-state index in [0.29, 0.717) is 12.5 Å². The van der Waals surface area contributed by atoms with Crippen molar-refractivity contribution in [2.45, 2.75) is 25.8 Å². The van der Waals surface area contributed by atoms with Crippen LogP contribution in [0.5, 0.6) is 0 Å². The van der Waals surface area contributed by atoms with E-state index in [2.05, 4.69) is 46.6 Å². The Balaban J connectivity index is 1.35. The molecule has 1 fully saturated rings. The largest absolute Gasteiger partial charge is 0.364 e. The number of carbonyl (C=O) groups is 1. The van der Waals surface area contributed by atoms with Crippen LogP contribution in [0.2, 0.25) is 0 Å². The Kier molecular flexibility index (Phi) is 6.06. The highest BCUT2D eigenvalue weighted by atomic mass is 16.5. The lowest BCUT2D eigenvalue weighted by Crippen LogP contribution is -2.51. The fraction of sp³-hybridized carbons (Fsp3) is 0.474. The fourth-order valence-electron chi connectivity index (χ4n) is 3.11. The zero-order valence-corrected chi connectivity index (χ0v) is 14.7. The minimum Gasteiger partial charge on any atom is -0.364 e. The lowest BCUT2D eigenvalue weighted by molar-refractivity contribution is 0.133. The Labute approximate surface area is 148 Å². The number of amides is 2. The molecule has 0 bridgehead atoms. The highest BCUT2D eigenvalue weighted by molar-refractivity contribution is 5.74. The molecule has 6 heteroatoms. The monoisotopic (exact) mass is 342 g/mol. The van der Waals surface area contributed by atoms with Crippen molar-refractivity contribution >= 4 is 6.03 Å². The summed E-state index contributed by atoms with van der Waals surface area (Å²) in [5.41, 5.74) is 2.26. The van der Waals surface area contributed by atoms with Gasteiger partial charge in [-0.3, -0.25) is 4.90 Å². The highest BCUT2D eigenvalue weighted by Gasteiger charge is 2.21. The number of hydrogen-bond acceptors (Lipinski definition) is 4. The summed E-state index contributed by atoms with van der Waals surface area (Å²) in [6, 6.07) is 12.3. The first-order valence-corrected chi connectivity index (χ1v) is 8.91. The van der Waals surface area contributed by atoms with E-state index in [4.69, 9.17) is 4.52 Å². The molecule has 1 aromatic carbocycles. The third-order valence-electron chi connectivity index (χ3n) is 4.76. The average molecular weight is 342 g/mol.